The molecule has 2 rings (SSSR count). The van der Waals surface area contributed by atoms with Crippen molar-refractivity contribution in [3.63, 3.8) is 0 Å². The zero-order valence-electron chi connectivity index (χ0n) is 11.6. The monoisotopic (exact) mass is 303 g/mol. The summed E-state index contributed by atoms with van der Waals surface area (Å²) in [5.74, 6) is -1.44. The number of halogens is 1. The first kappa shape index (κ1) is 15.1. The molecule has 0 atom stereocenters. The van der Waals surface area contributed by atoms with Crippen LogP contribution in [-0.2, 0) is 0 Å². The quantitative estimate of drug-likeness (QED) is 0.903. The van der Waals surface area contributed by atoms with Crippen molar-refractivity contribution < 1.29 is 14.7 Å². The SMILES string of the molecule is Cc1cc(Cl)ccc1C(=O)Nc1cccc(C)c1C(=O)O. The van der Waals surface area contributed by atoms with Crippen molar-refractivity contribution in [2.75, 3.05) is 5.32 Å². The fourth-order valence-electron chi connectivity index (χ4n) is 2.13. The van der Waals surface area contributed by atoms with Crippen molar-refractivity contribution in [2.45, 2.75) is 13.8 Å². The van der Waals surface area contributed by atoms with Gasteiger partial charge in [-0.25, -0.2) is 4.79 Å². The van der Waals surface area contributed by atoms with Crippen LogP contribution in [0.3, 0.4) is 0 Å². The predicted molar refractivity (Wildman–Crippen MR) is 82.3 cm³/mol. The minimum Gasteiger partial charge on any atom is -0.478 e. The van der Waals surface area contributed by atoms with E-state index < -0.39 is 5.97 Å². The van der Waals surface area contributed by atoms with Crippen molar-refractivity contribution in [2.24, 2.45) is 0 Å². The lowest BCUT2D eigenvalue weighted by atomic mass is 10.1. The van der Waals surface area contributed by atoms with Crippen molar-refractivity contribution >= 4 is 29.2 Å². The smallest absolute Gasteiger partial charge is 0.338 e. The summed E-state index contributed by atoms with van der Waals surface area (Å²) in [6.45, 7) is 3.46. The summed E-state index contributed by atoms with van der Waals surface area (Å²) in [5, 5.41) is 12.4. The van der Waals surface area contributed by atoms with E-state index in [1.165, 1.54) is 0 Å². The number of aromatic carboxylic acids is 1. The normalized spacial score (nSPS) is 10.2. The largest absolute Gasteiger partial charge is 0.478 e. The molecule has 0 heterocycles. The topological polar surface area (TPSA) is 66.4 Å². The van der Waals surface area contributed by atoms with Gasteiger partial charge in [0.05, 0.1) is 11.3 Å². The molecule has 2 aromatic rings. The molecule has 5 heteroatoms. The van der Waals surface area contributed by atoms with Crippen LogP contribution in [0, 0.1) is 13.8 Å². The molecule has 0 radical (unpaired) electrons. The maximum absolute atomic E-state index is 12.3. The highest BCUT2D eigenvalue weighted by Crippen LogP contribution is 2.22. The number of nitrogens with one attached hydrogen (secondary N) is 1. The van der Waals surface area contributed by atoms with Gasteiger partial charge in [0.1, 0.15) is 0 Å². The van der Waals surface area contributed by atoms with Crippen LogP contribution in [0.1, 0.15) is 31.8 Å². The highest BCUT2D eigenvalue weighted by molar-refractivity contribution is 6.30. The highest BCUT2D eigenvalue weighted by Gasteiger charge is 2.16. The summed E-state index contributed by atoms with van der Waals surface area (Å²) in [4.78, 5) is 23.6. The molecule has 0 aliphatic carbocycles. The number of rotatable bonds is 3. The third kappa shape index (κ3) is 3.23. The van der Waals surface area contributed by atoms with Gasteiger partial charge in [-0.1, -0.05) is 23.7 Å². The first-order chi connectivity index (χ1) is 9.90. The minimum absolute atomic E-state index is 0.0949. The number of hydrogen-bond donors (Lipinski definition) is 2. The molecule has 108 valence electrons. The average Bonchev–Trinajstić information content (AvgIpc) is 2.37. The van der Waals surface area contributed by atoms with E-state index in [1.54, 1.807) is 50.2 Å². The summed E-state index contributed by atoms with van der Waals surface area (Å²) in [6, 6.07) is 9.88. The van der Waals surface area contributed by atoms with Gasteiger partial charge in [-0.15, -0.1) is 0 Å². The average molecular weight is 304 g/mol. The number of benzene rings is 2. The van der Waals surface area contributed by atoms with Crippen LogP contribution in [0.4, 0.5) is 5.69 Å². The molecule has 0 fully saturated rings. The first-order valence-corrected chi connectivity index (χ1v) is 6.68. The fraction of sp³-hybridized carbons (Fsp3) is 0.125. The molecule has 0 spiro atoms. The third-order valence-corrected chi connectivity index (χ3v) is 3.40. The molecule has 0 unspecified atom stereocenters. The third-order valence-electron chi connectivity index (χ3n) is 3.17. The Labute approximate surface area is 127 Å². The van der Waals surface area contributed by atoms with Crippen LogP contribution < -0.4 is 5.32 Å². The van der Waals surface area contributed by atoms with Crippen LogP contribution in [0.2, 0.25) is 5.02 Å². The van der Waals surface area contributed by atoms with E-state index in [0.717, 1.165) is 5.56 Å². The van der Waals surface area contributed by atoms with E-state index in [4.69, 9.17) is 11.6 Å². The Morgan fingerprint density at radius 2 is 1.81 bits per heavy atom. The maximum Gasteiger partial charge on any atom is 0.338 e. The number of carboxylic acids is 1. The Bertz CT molecular complexity index is 725. The summed E-state index contributed by atoms with van der Waals surface area (Å²) >= 11 is 5.86. The van der Waals surface area contributed by atoms with E-state index in [9.17, 15) is 14.7 Å². The summed E-state index contributed by atoms with van der Waals surface area (Å²) in [7, 11) is 0. The highest BCUT2D eigenvalue weighted by atomic mass is 35.5. The predicted octanol–water partition coefficient (Wildman–Crippen LogP) is 3.91. The molecule has 0 aliphatic heterocycles. The molecule has 2 N–H and O–H groups in total. The lowest BCUT2D eigenvalue weighted by Crippen LogP contribution is -2.16. The van der Waals surface area contributed by atoms with Crippen molar-refractivity contribution in [1.82, 2.24) is 0 Å². The Kier molecular flexibility index (Phi) is 4.29. The standard InChI is InChI=1S/C16H14ClNO3/c1-9-4-3-5-13(14(9)16(20)21)18-15(19)12-7-6-11(17)8-10(12)2/h3-8H,1-2H3,(H,18,19)(H,20,21). The van der Waals surface area contributed by atoms with Crippen molar-refractivity contribution in [3.8, 4) is 0 Å². The molecule has 0 aliphatic rings. The molecular weight excluding hydrogens is 290 g/mol. The second kappa shape index (κ2) is 5.97. The summed E-state index contributed by atoms with van der Waals surface area (Å²) in [5.41, 5.74) is 2.15. The lowest BCUT2D eigenvalue weighted by molar-refractivity contribution is 0.0697. The fourth-order valence-corrected chi connectivity index (χ4v) is 2.35. The number of amides is 1. The number of hydrogen-bond acceptors (Lipinski definition) is 2. The second-order valence-electron chi connectivity index (χ2n) is 4.72. The maximum atomic E-state index is 12.3. The van der Waals surface area contributed by atoms with Gasteiger partial charge < -0.3 is 10.4 Å². The molecule has 1 amide bonds. The zero-order valence-corrected chi connectivity index (χ0v) is 12.4. The van der Waals surface area contributed by atoms with Crippen molar-refractivity contribution in [3.05, 3.63) is 63.7 Å². The van der Waals surface area contributed by atoms with Crippen LogP contribution in [-0.4, -0.2) is 17.0 Å². The van der Waals surface area contributed by atoms with Gasteiger partial charge in [-0.05, 0) is 49.2 Å². The molecule has 0 saturated carbocycles. The number of aryl methyl sites for hydroxylation is 2. The van der Waals surface area contributed by atoms with Gasteiger partial charge >= 0.3 is 5.97 Å². The van der Waals surface area contributed by atoms with Gasteiger partial charge in [0.2, 0.25) is 0 Å². The molecule has 0 bridgehead atoms. The Balaban J connectivity index is 2.36. The number of carbonyl (C=O) groups excluding carboxylic acids is 1. The van der Waals surface area contributed by atoms with Crippen LogP contribution in [0.25, 0.3) is 0 Å². The van der Waals surface area contributed by atoms with Crippen LogP contribution >= 0.6 is 11.6 Å². The van der Waals surface area contributed by atoms with Gasteiger partial charge in [0, 0.05) is 10.6 Å². The van der Waals surface area contributed by atoms with E-state index in [0.29, 0.717) is 16.1 Å². The Hall–Kier alpha value is -2.33. The zero-order chi connectivity index (χ0) is 15.6. The van der Waals surface area contributed by atoms with Gasteiger partial charge in [-0.3, -0.25) is 4.79 Å². The van der Waals surface area contributed by atoms with Gasteiger partial charge in [-0.2, -0.15) is 0 Å². The van der Waals surface area contributed by atoms with E-state index in [2.05, 4.69) is 5.32 Å². The molecular formula is C16H14ClNO3. The van der Waals surface area contributed by atoms with Crippen molar-refractivity contribution in [1.29, 1.82) is 0 Å². The number of anilines is 1. The van der Waals surface area contributed by atoms with Gasteiger partial charge in [0.15, 0.2) is 0 Å². The Morgan fingerprint density at radius 1 is 1.10 bits per heavy atom. The van der Waals surface area contributed by atoms with E-state index >= 15 is 0 Å². The molecule has 21 heavy (non-hydrogen) atoms. The van der Waals surface area contributed by atoms with Crippen LogP contribution in [0.5, 0.6) is 0 Å². The molecule has 0 saturated heterocycles. The number of carboxylic acid groups (broad SMARTS) is 1. The first-order valence-electron chi connectivity index (χ1n) is 6.30. The lowest BCUT2D eigenvalue weighted by Gasteiger charge is -2.12. The minimum atomic E-state index is -1.07. The second-order valence-corrected chi connectivity index (χ2v) is 5.15. The molecule has 4 nitrogen and oxygen atoms in total. The molecule has 0 aromatic heterocycles. The number of carbonyl (C=O) groups is 2. The summed E-state index contributed by atoms with van der Waals surface area (Å²) in [6.07, 6.45) is 0. The van der Waals surface area contributed by atoms with Crippen LogP contribution in [0.15, 0.2) is 36.4 Å². The molecule has 2 aromatic carbocycles. The Morgan fingerprint density at radius 3 is 2.43 bits per heavy atom. The van der Waals surface area contributed by atoms with E-state index in [-0.39, 0.29) is 17.2 Å². The van der Waals surface area contributed by atoms with E-state index in [1.807, 2.05) is 0 Å². The summed E-state index contributed by atoms with van der Waals surface area (Å²) < 4.78 is 0. The van der Waals surface area contributed by atoms with Gasteiger partial charge in [0.25, 0.3) is 5.91 Å².